The Bertz CT molecular complexity index is 992. The predicted molar refractivity (Wildman–Crippen MR) is 111 cm³/mol. The van der Waals surface area contributed by atoms with E-state index in [9.17, 15) is 9.59 Å². The van der Waals surface area contributed by atoms with Gasteiger partial charge in [0.2, 0.25) is 11.8 Å². The van der Waals surface area contributed by atoms with Gasteiger partial charge in [-0.1, -0.05) is 52.3 Å². The minimum atomic E-state index is -0.604. The van der Waals surface area contributed by atoms with Crippen molar-refractivity contribution in [3.8, 4) is 0 Å². The van der Waals surface area contributed by atoms with Crippen molar-refractivity contribution in [1.29, 1.82) is 0 Å². The highest BCUT2D eigenvalue weighted by Gasteiger charge is 2.25. The van der Waals surface area contributed by atoms with Crippen molar-refractivity contribution in [1.82, 2.24) is 0 Å². The van der Waals surface area contributed by atoms with Crippen LogP contribution in [0.25, 0.3) is 0 Å². The molecule has 28 heavy (non-hydrogen) atoms. The second kappa shape index (κ2) is 8.69. The van der Waals surface area contributed by atoms with Crippen molar-refractivity contribution in [2.75, 3.05) is 10.8 Å². The van der Waals surface area contributed by atoms with Crippen molar-refractivity contribution in [2.24, 2.45) is 5.73 Å². The number of nitrogens with two attached hydrogens (primary N) is 1. The van der Waals surface area contributed by atoms with Crippen LogP contribution in [0.1, 0.15) is 27.4 Å². The van der Waals surface area contributed by atoms with Crippen LogP contribution >= 0.6 is 15.9 Å². The van der Waals surface area contributed by atoms with E-state index in [1.807, 2.05) is 35.8 Å². The van der Waals surface area contributed by atoms with Crippen molar-refractivity contribution >= 4 is 39.1 Å². The van der Waals surface area contributed by atoms with Crippen LogP contribution in [0.2, 0.25) is 0 Å². The molecular weight excluding hydrogens is 422 g/mol. The first-order valence-corrected chi connectivity index (χ1v) is 9.24. The van der Waals surface area contributed by atoms with Crippen LogP contribution in [0.4, 0.5) is 11.4 Å². The molecule has 0 aliphatic carbocycles. The summed E-state index contributed by atoms with van der Waals surface area (Å²) in [4.78, 5) is 24.6. The highest BCUT2D eigenvalue weighted by molar-refractivity contribution is 9.10. The van der Waals surface area contributed by atoms with Crippen LogP contribution in [0.15, 0.2) is 77.3 Å². The Hall–Kier alpha value is -3.16. The molecule has 0 bridgehead atoms. The van der Waals surface area contributed by atoms with Gasteiger partial charge in [0.25, 0.3) is 0 Å². The first-order valence-electron chi connectivity index (χ1n) is 8.45. The van der Waals surface area contributed by atoms with Crippen LogP contribution in [-0.2, 0) is 4.79 Å². The molecule has 0 saturated carbocycles. The number of hydrogen-bond acceptors (Lipinski definition) is 4. The molecular formula is C21H18BrN3O3. The summed E-state index contributed by atoms with van der Waals surface area (Å²) in [5.74, 6) is -1.37. The van der Waals surface area contributed by atoms with Gasteiger partial charge in [0.1, 0.15) is 0 Å². The second-order valence-corrected chi connectivity index (χ2v) is 6.98. The first-order chi connectivity index (χ1) is 13.5. The molecule has 0 saturated heterocycles. The lowest BCUT2D eigenvalue weighted by Gasteiger charge is -2.20. The predicted octanol–water partition coefficient (Wildman–Crippen LogP) is 4.12. The SMILES string of the molecule is NC(=O)c1ccc([C@@H](C(=O)Nc2ccc(NO)cc2)c2ccccc2)c(Br)c1. The second-order valence-electron chi connectivity index (χ2n) is 6.12. The molecule has 0 radical (unpaired) electrons. The molecule has 0 aliphatic heterocycles. The standard InChI is InChI=1S/C21H18BrN3O3/c22-18-12-14(20(23)26)6-11-17(18)19(13-4-2-1-3-5-13)21(27)24-15-7-9-16(25-28)10-8-15/h1-12,19,25,28H,(H2,23,26)(H,24,27)/t19-/m0/s1. The van der Waals surface area contributed by atoms with Gasteiger partial charge in [0.15, 0.2) is 0 Å². The number of hydrogen-bond donors (Lipinski definition) is 4. The number of rotatable bonds is 6. The van der Waals surface area contributed by atoms with Crippen LogP contribution in [0, 0.1) is 0 Å². The molecule has 0 unspecified atom stereocenters. The number of benzene rings is 3. The van der Waals surface area contributed by atoms with Gasteiger partial charge in [-0.15, -0.1) is 0 Å². The zero-order chi connectivity index (χ0) is 20.1. The Labute approximate surface area is 170 Å². The summed E-state index contributed by atoms with van der Waals surface area (Å²) in [5.41, 5.74) is 10.4. The van der Waals surface area contributed by atoms with Crippen LogP contribution < -0.4 is 16.5 Å². The number of anilines is 2. The Morgan fingerprint density at radius 3 is 2.14 bits per heavy atom. The summed E-state index contributed by atoms with van der Waals surface area (Å²) in [5, 5.41) is 11.8. The number of amides is 2. The molecule has 1 atom stereocenters. The van der Waals surface area contributed by atoms with Crippen LogP contribution in [0.3, 0.4) is 0 Å². The van der Waals surface area contributed by atoms with Crippen molar-refractivity contribution in [3.63, 3.8) is 0 Å². The van der Waals surface area contributed by atoms with Gasteiger partial charge in [-0.25, -0.2) is 0 Å². The van der Waals surface area contributed by atoms with E-state index in [-0.39, 0.29) is 5.91 Å². The van der Waals surface area contributed by atoms with E-state index in [1.54, 1.807) is 42.5 Å². The molecule has 6 nitrogen and oxygen atoms in total. The summed E-state index contributed by atoms with van der Waals surface area (Å²) in [6.45, 7) is 0. The smallest absolute Gasteiger partial charge is 0.248 e. The lowest BCUT2D eigenvalue weighted by Crippen LogP contribution is -2.23. The molecule has 3 rings (SSSR count). The Morgan fingerprint density at radius 1 is 0.929 bits per heavy atom. The number of carbonyl (C=O) groups excluding carboxylic acids is 2. The van der Waals surface area contributed by atoms with Crippen molar-refractivity contribution in [3.05, 3.63) is 94.0 Å². The van der Waals surface area contributed by atoms with E-state index in [0.29, 0.717) is 27.0 Å². The first kappa shape index (κ1) is 19.6. The maximum atomic E-state index is 13.2. The average Bonchev–Trinajstić information content (AvgIpc) is 2.70. The molecule has 0 fully saturated rings. The van der Waals surface area contributed by atoms with Gasteiger partial charge >= 0.3 is 0 Å². The molecule has 5 N–H and O–H groups in total. The van der Waals surface area contributed by atoms with Crippen LogP contribution in [-0.4, -0.2) is 17.0 Å². The number of primary amides is 1. The zero-order valence-electron chi connectivity index (χ0n) is 14.7. The third kappa shape index (κ3) is 4.39. The van der Waals surface area contributed by atoms with Gasteiger partial charge < -0.3 is 11.1 Å². The van der Waals surface area contributed by atoms with Gasteiger partial charge in [0.05, 0.1) is 11.6 Å². The fourth-order valence-electron chi connectivity index (χ4n) is 2.87. The van der Waals surface area contributed by atoms with Gasteiger partial charge in [-0.05, 0) is 47.5 Å². The number of halogens is 1. The molecule has 0 aromatic heterocycles. The van der Waals surface area contributed by atoms with Gasteiger partial charge in [-0.3, -0.25) is 20.3 Å². The van der Waals surface area contributed by atoms with E-state index in [0.717, 1.165) is 5.56 Å². The van der Waals surface area contributed by atoms with Crippen molar-refractivity contribution in [2.45, 2.75) is 5.92 Å². The molecule has 2 amide bonds. The van der Waals surface area contributed by atoms with Gasteiger partial charge in [0, 0.05) is 15.7 Å². The molecule has 3 aromatic rings. The van der Waals surface area contributed by atoms with Crippen molar-refractivity contribution < 1.29 is 14.8 Å². The minimum Gasteiger partial charge on any atom is -0.366 e. The zero-order valence-corrected chi connectivity index (χ0v) is 16.3. The summed E-state index contributed by atoms with van der Waals surface area (Å²) in [7, 11) is 0. The fraction of sp³-hybridized carbons (Fsp3) is 0.0476. The number of nitrogens with one attached hydrogen (secondary N) is 2. The summed E-state index contributed by atoms with van der Waals surface area (Å²) in [6.07, 6.45) is 0. The van der Waals surface area contributed by atoms with Gasteiger partial charge in [-0.2, -0.15) is 0 Å². The number of carbonyl (C=O) groups is 2. The molecule has 0 spiro atoms. The lowest BCUT2D eigenvalue weighted by molar-refractivity contribution is -0.116. The largest absolute Gasteiger partial charge is 0.366 e. The molecule has 0 aliphatic rings. The normalized spacial score (nSPS) is 11.5. The lowest BCUT2D eigenvalue weighted by atomic mass is 9.89. The Kier molecular flexibility index (Phi) is 6.08. The van der Waals surface area contributed by atoms with E-state index in [2.05, 4.69) is 21.2 Å². The highest BCUT2D eigenvalue weighted by atomic mass is 79.9. The molecule has 0 heterocycles. The Morgan fingerprint density at radius 2 is 1.57 bits per heavy atom. The minimum absolute atomic E-state index is 0.233. The average molecular weight is 440 g/mol. The molecule has 7 heteroatoms. The highest BCUT2D eigenvalue weighted by Crippen LogP contribution is 2.32. The fourth-order valence-corrected chi connectivity index (χ4v) is 3.48. The van der Waals surface area contributed by atoms with E-state index >= 15 is 0 Å². The molecule has 3 aromatic carbocycles. The van der Waals surface area contributed by atoms with E-state index in [1.165, 1.54) is 0 Å². The van der Waals surface area contributed by atoms with E-state index < -0.39 is 11.8 Å². The summed E-state index contributed by atoms with van der Waals surface area (Å²) >= 11 is 3.46. The molecule has 142 valence electrons. The third-order valence-corrected chi connectivity index (χ3v) is 4.96. The summed E-state index contributed by atoms with van der Waals surface area (Å²) in [6, 6.07) is 20.9. The summed E-state index contributed by atoms with van der Waals surface area (Å²) < 4.78 is 0.618. The quantitative estimate of drug-likeness (QED) is 0.433. The third-order valence-electron chi connectivity index (χ3n) is 4.27. The van der Waals surface area contributed by atoms with E-state index in [4.69, 9.17) is 10.9 Å². The van der Waals surface area contributed by atoms with Crippen LogP contribution in [0.5, 0.6) is 0 Å². The topological polar surface area (TPSA) is 104 Å². The Balaban J connectivity index is 1.97. The maximum absolute atomic E-state index is 13.2. The maximum Gasteiger partial charge on any atom is 0.248 e. The monoisotopic (exact) mass is 439 g/mol.